The fourth-order valence-electron chi connectivity index (χ4n) is 1.65. The third-order valence-electron chi connectivity index (χ3n) is 2.75. The fourth-order valence-corrected chi connectivity index (χ4v) is 1.65. The highest BCUT2D eigenvalue weighted by molar-refractivity contribution is 5.66. The van der Waals surface area contributed by atoms with Gasteiger partial charge in [0.15, 0.2) is 0 Å². The van der Waals surface area contributed by atoms with E-state index in [0.717, 1.165) is 44.9 Å². The van der Waals surface area contributed by atoms with Crippen LogP contribution in [0.15, 0.2) is 36.5 Å². The minimum absolute atomic E-state index is 0.317. The molecule has 0 saturated heterocycles. The number of carbonyl (C=O) groups is 1. The zero-order valence-corrected chi connectivity index (χ0v) is 12.5. The van der Waals surface area contributed by atoms with Crippen molar-refractivity contribution in [3.63, 3.8) is 0 Å². The normalized spacial score (nSPS) is 17.1. The third-order valence-corrected chi connectivity index (χ3v) is 2.75. The zero-order valence-electron chi connectivity index (χ0n) is 16.5. The van der Waals surface area contributed by atoms with Crippen LogP contribution in [-0.2, 0) is 4.79 Å². The molecular formula is C18H30O2. The van der Waals surface area contributed by atoms with Crippen LogP contribution in [0.1, 0.15) is 75.2 Å². The molecule has 0 aliphatic rings. The summed E-state index contributed by atoms with van der Waals surface area (Å²) in [7, 11) is 0. The first-order valence-corrected chi connectivity index (χ1v) is 7.53. The molecule has 0 aromatic heterocycles. The average molecular weight is 282 g/mol. The summed E-state index contributed by atoms with van der Waals surface area (Å²) >= 11 is 0. The summed E-state index contributed by atoms with van der Waals surface area (Å²) in [6.07, 6.45) is 14.9. The zero-order chi connectivity index (χ0) is 18.3. The third kappa shape index (κ3) is 16.7. The Kier molecular flexibility index (Phi) is 9.79. The fraction of sp³-hybridized carbons (Fsp3) is 0.611. The molecule has 0 saturated carbocycles. The average Bonchev–Trinajstić information content (AvgIpc) is 2.56. The van der Waals surface area contributed by atoms with E-state index in [2.05, 4.69) is 5.11 Å². The van der Waals surface area contributed by atoms with Gasteiger partial charge in [0, 0.05) is 10.5 Å². The topological polar surface area (TPSA) is 37.3 Å². The molecular weight excluding hydrogens is 248 g/mol. The van der Waals surface area contributed by atoms with Gasteiger partial charge in [-0.3, -0.25) is 4.79 Å². The summed E-state index contributed by atoms with van der Waals surface area (Å²) in [5.74, 6) is -0.470. The highest BCUT2D eigenvalue weighted by atomic mass is 16.4. The van der Waals surface area contributed by atoms with Crippen molar-refractivity contribution in [3.8, 4) is 0 Å². The second-order valence-corrected chi connectivity index (χ2v) is 4.64. The summed E-state index contributed by atoms with van der Waals surface area (Å²) in [6.45, 7) is 1.96. The van der Waals surface area contributed by atoms with Crippen LogP contribution in [0.25, 0.3) is 1.43 Å². The molecule has 1 unspecified atom stereocenters. The number of aliphatic carboxylic acids is 1. The molecule has 1 N–H and O–H groups in total. The van der Waals surface area contributed by atoms with Crippen LogP contribution in [0.5, 0.6) is 0 Å². The van der Waals surface area contributed by atoms with E-state index in [9.17, 15) is 4.79 Å². The van der Waals surface area contributed by atoms with Gasteiger partial charge >= 0.3 is 5.97 Å². The Morgan fingerprint density at radius 3 is 2.50 bits per heavy atom. The number of carboxylic acids is 1. The summed E-state index contributed by atoms with van der Waals surface area (Å²) in [5, 5.41) is 3.84. The molecule has 0 bridgehead atoms. The lowest BCUT2D eigenvalue weighted by Gasteiger charge is -1.98. The van der Waals surface area contributed by atoms with Crippen molar-refractivity contribution in [1.82, 2.24) is 0 Å². The van der Waals surface area contributed by atoms with Gasteiger partial charge in [0.25, 0.3) is 1.43 Å². The molecule has 0 rings (SSSR count). The van der Waals surface area contributed by atoms with Gasteiger partial charge in [-0.2, -0.15) is 0 Å². The molecule has 1 atom stereocenters. The Morgan fingerprint density at radius 1 is 1.00 bits per heavy atom. The predicted molar refractivity (Wildman–Crippen MR) is 86.9 cm³/mol. The standard InChI is InChI=1S/C18H30O2/c1-2-3-4-5-6-7-8-9-10-11-12-13-14-15-16-17-18(19)20/h3-4,6-7,9-10H,2,5,8,11-17H2,1H3,(H,19,20)/i5D2,8D/hD. The first-order chi connectivity index (χ1) is 11.4. The predicted octanol–water partition coefficient (Wildman–Crippen LogP) is 5.66. The van der Waals surface area contributed by atoms with Gasteiger partial charge in [-0.05, 0) is 38.5 Å². The molecule has 0 aromatic rings. The van der Waals surface area contributed by atoms with Gasteiger partial charge in [-0.1, -0.05) is 62.6 Å². The molecule has 0 aromatic carbocycles. The van der Waals surface area contributed by atoms with Gasteiger partial charge in [-0.25, -0.2) is 0 Å². The molecule has 114 valence electrons. The van der Waals surface area contributed by atoms with E-state index in [1.165, 1.54) is 12.2 Å². The monoisotopic (exact) mass is 282 g/mol. The Bertz CT molecular complexity index is 417. The van der Waals surface area contributed by atoms with Crippen molar-refractivity contribution in [2.24, 2.45) is 0 Å². The molecule has 0 amide bonds. The molecule has 0 fully saturated rings. The number of hydrogen-bond acceptors (Lipinski definition) is 2. The van der Waals surface area contributed by atoms with Crippen molar-refractivity contribution in [2.75, 3.05) is 0 Å². The Hall–Kier alpha value is -1.31. The SMILES string of the molecule is [2H]OC(=O)CCCCCCCC=CC([2H])C=CC([2H])([2H])C=CCC. The molecule has 2 heteroatoms. The van der Waals surface area contributed by atoms with E-state index in [1.807, 2.05) is 13.0 Å². The lowest BCUT2D eigenvalue weighted by molar-refractivity contribution is -0.137. The Morgan fingerprint density at radius 2 is 1.70 bits per heavy atom. The highest BCUT2D eigenvalue weighted by Crippen LogP contribution is 2.07. The summed E-state index contributed by atoms with van der Waals surface area (Å²) in [6, 6.07) is 0. The second kappa shape index (κ2) is 15.7. The first kappa shape index (κ1) is 12.4. The number of rotatable bonds is 13. The minimum Gasteiger partial charge on any atom is -0.481 e. The van der Waals surface area contributed by atoms with Crippen LogP contribution < -0.4 is 0 Å². The lowest BCUT2D eigenvalue weighted by atomic mass is 10.1. The molecule has 0 aliphatic carbocycles. The molecule has 0 radical (unpaired) electrons. The Balaban J connectivity index is 3.76. The summed E-state index contributed by atoms with van der Waals surface area (Å²) < 4.78 is 29.7. The molecule has 0 aliphatic heterocycles. The van der Waals surface area contributed by atoms with Crippen LogP contribution in [0.3, 0.4) is 0 Å². The van der Waals surface area contributed by atoms with Crippen LogP contribution in [0.4, 0.5) is 0 Å². The molecule has 2 nitrogen and oxygen atoms in total. The second-order valence-electron chi connectivity index (χ2n) is 4.64. The van der Waals surface area contributed by atoms with Crippen LogP contribution in [0.2, 0.25) is 0 Å². The lowest BCUT2D eigenvalue weighted by Crippen LogP contribution is -1.93. The van der Waals surface area contributed by atoms with E-state index in [0.29, 0.717) is 6.42 Å². The van der Waals surface area contributed by atoms with Gasteiger partial charge in [0.1, 0.15) is 0 Å². The van der Waals surface area contributed by atoms with Gasteiger partial charge < -0.3 is 5.11 Å². The van der Waals surface area contributed by atoms with E-state index in [-0.39, 0.29) is 0 Å². The maximum Gasteiger partial charge on any atom is 0.303 e. The maximum atomic E-state index is 10.7. The molecule has 20 heavy (non-hydrogen) atoms. The van der Waals surface area contributed by atoms with Gasteiger partial charge in [0.2, 0.25) is 0 Å². The van der Waals surface area contributed by atoms with E-state index in [4.69, 9.17) is 5.54 Å². The van der Waals surface area contributed by atoms with Crippen molar-refractivity contribution in [2.45, 2.75) is 71.1 Å². The van der Waals surface area contributed by atoms with Gasteiger partial charge in [0.05, 0.1) is 0 Å². The summed E-state index contributed by atoms with van der Waals surface area (Å²) in [5.41, 5.74) is 0. The Labute approximate surface area is 130 Å². The number of hydrogen-bond donors (Lipinski definition) is 1. The number of carboxylic acid groups (broad SMARTS) is 1. The number of unbranched alkanes of at least 4 members (excludes halogenated alkanes) is 5. The van der Waals surface area contributed by atoms with Gasteiger partial charge in [-0.15, -0.1) is 0 Å². The molecule has 0 heterocycles. The maximum absolute atomic E-state index is 10.7. The van der Waals surface area contributed by atoms with E-state index >= 15 is 0 Å². The largest absolute Gasteiger partial charge is 0.481 e. The van der Waals surface area contributed by atoms with Crippen molar-refractivity contribution in [1.29, 1.82) is 1.43 Å². The highest BCUT2D eigenvalue weighted by Gasteiger charge is 1.95. The van der Waals surface area contributed by atoms with E-state index < -0.39 is 18.7 Å². The number of allylic oxidation sites excluding steroid dienone is 6. The van der Waals surface area contributed by atoms with Crippen molar-refractivity contribution in [3.05, 3.63) is 36.5 Å². The van der Waals surface area contributed by atoms with Crippen LogP contribution >= 0.6 is 0 Å². The van der Waals surface area contributed by atoms with Crippen LogP contribution in [0, 0.1) is 0 Å². The quantitative estimate of drug-likeness (QED) is 0.349. The summed E-state index contributed by atoms with van der Waals surface area (Å²) in [4.78, 5) is 10.7. The van der Waals surface area contributed by atoms with Crippen molar-refractivity contribution < 1.29 is 14.0 Å². The van der Waals surface area contributed by atoms with Crippen LogP contribution in [-0.4, -0.2) is 11.1 Å². The minimum atomic E-state index is -1.49. The smallest absolute Gasteiger partial charge is 0.303 e. The molecule has 0 spiro atoms. The first-order valence-electron chi connectivity index (χ1n) is 9.52. The van der Waals surface area contributed by atoms with E-state index in [1.54, 1.807) is 18.2 Å². The van der Waals surface area contributed by atoms with Crippen molar-refractivity contribution >= 4 is 5.97 Å².